The lowest BCUT2D eigenvalue weighted by Gasteiger charge is -2.57. The van der Waals surface area contributed by atoms with Crippen LogP contribution in [-0.2, 0) is 9.59 Å². The zero-order valence-electron chi connectivity index (χ0n) is 14.8. The van der Waals surface area contributed by atoms with E-state index < -0.39 is 11.6 Å². The van der Waals surface area contributed by atoms with E-state index in [4.69, 9.17) is 0 Å². The molecule has 0 aromatic heterocycles. The van der Waals surface area contributed by atoms with Crippen LogP contribution in [0.15, 0.2) is 23.5 Å². The van der Waals surface area contributed by atoms with Crippen molar-refractivity contribution >= 4 is 11.6 Å². The van der Waals surface area contributed by atoms with Crippen molar-refractivity contribution in [1.29, 1.82) is 0 Å². The third kappa shape index (κ3) is 1.63. The molecule has 1 unspecified atom stereocenters. The molecular weight excluding hydrogens is 319 g/mol. The van der Waals surface area contributed by atoms with Gasteiger partial charge in [-0.2, -0.15) is 0 Å². The van der Waals surface area contributed by atoms with Gasteiger partial charge in [-0.1, -0.05) is 20.4 Å². The van der Waals surface area contributed by atoms with Crippen molar-refractivity contribution in [3.8, 4) is 0 Å². The van der Waals surface area contributed by atoms with E-state index in [1.807, 2.05) is 6.92 Å². The van der Waals surface area contributed by atoms with Crippen LogP contribution in [0.3, 0.4) is 0 Å². The van der Waals surface area contributed by atoms with Gasteiger partial charge in [0.2, 0.25) is 5.78 Å². The van der Waals surface area contributed by atoms with Crippen molar-refractivity contribution in [2.24, 2.45) is 40.4 Å². The molecule has 5 rings (SSSR count). The minimum atomic E-state index is -1.33. The maximum atomic E-state index is 14.3. The number of rotatable bonds is 0. The van der Waals surface area contributed by atoms with E-state index in [9.17, 15) is 19.1 Å². The van der Waals surface area contributed by atoms with Crippen LogP contribution in [0.5, 0.6) is 0 Å². The fraction of sp³-hybridized carbons (Fsp3) is 0.714. The number of ketones is 2. The van der Waals surface area contributed by atoms with E-state index >= 15 is 0 Å². The van der Waals surface area contributed by atoms with E-state index in [0.29, 0.717) is 18.8 Å². The molecule has 5 aliphatic rings. The Kier molecular flexibility index (Phi) is 2.80. The molecule has 4 saturated carbocycles. The Hall–Kier alpha value is -1.45. The van der Waals surface area contributed by atoms with Crippen LogP contribution in [0, 0.1) is 40.4 Å². The Bertz CT molecular complexity index is 767. The van der Waals surface area contributed by atoms with Crippen molar-refractivity contribution in [2.75, 3.05) is 0 Å². The summed E-state index contributed by atoms with van der Waals surface area (Å²) in [5.74, 6) is 0.425. The lowest BCUT2D eigenvalue weighted by Crippen LogP contribution is -2.52. The summed E-state index contributed by atoms with van der Waals surface area (Å²) in [7, 11) is 0. The number of hydrogen-bond donors (Lipinski definition) is 1. The predicted molar refractivity (Wildman–Crippen MR) is 90.5 cm³/mol. The quantitative estimate of drug-likeness (QED) is 0.724. The van der Waals surface area contributed by atoms with E-state index in [2.05, 4.69) is 13.5 Å². The first-order chi connectivity index (χ1) is 11.7. The van der Waals surface area contributed by atoms with Crippen LogP contribution in [0.4, 0.5) is 4.39 Å². The summed E-state index contributed by atoms with van der Waals surface area (Å²) in [4.78, 5) is 24.8. The molecule has 8 atom stereocenters. The highest BCUT2D eigenvalue weighted by Crippen LogP contribution is 2.72. The molecule has 3 nitrogen and oxygen atoms in total. The number of aliphatic hydroxyl groups is 1. The first kappa shape index (κ1) is 15.8. The normalized spacial score (nSPS) is 54.0. The summed E-state index contributed by atoms with van der Waals surface area (Å²) >= 11 is 0. The van der Waals surface area contributed by atoms with Gasteiger partial charge in [-0.3, -0.25) is 9.59 Å². The molecule has 1 N–H and O–H groups in total. The topological polar surface area (TPSA) is 54.4 Å². The largest absolute Gasteiger partial charge is 0.504 e. The molecule has 4 fully saturated rings. The number of allylic oxidation sites excluding steroid dienone is 2. The predicted octanol–water partition coefficient (Wildman–Crippen LogP) is 3.94. The van der Waals surface area contributed by atoms with Crippen LogP contribution >= 0.6 is 0 Å². The first-order valence-corrected chi connectivity index (χ1v) is 9.55. The van der Waals surface area contributed by atoms with Crippen molar-refractivity contribution in [3.05, 3.63) is 23.5 Å². The zero-order valence-corrected chi connectivity index (χ0v) is 14.8. The molecule has 0 spiro atoms. The minimum Gasteiger partial charge on any atom is -0.504 e. The SMILES string of the molecule is C=C1C[C@H]2[C@@H]3C[C@@H](F)C(=O)[C@@]3(C)CC[C@@H]2[C@]2(C)C1=C(O)C(=O)[C@H]1CC12. The zero-order chi connectivity index (χ0) is 17.9. The van der Waals surface area contributed by atoms with Gasteiger partial charge >= 0.3 is 0 Å². The van der Waals surface area contributed by atoms with Gasteiger partial charge in [-0.15, -0.1) is 0 Å². The molecule has 5 aliphatic carbocycles. The molecule has 0 radical (unpaired) electrons. The highest BCUT2D eigenvalue weighted by Gasteiger charge is 2.69. The van der Waals surface area contributed by atoms with Crippen molar-refractivity contribution < 1.29 is 19.1 Å². The highest BCUT2D eigenvalue weighted by atomic mass is 19.1. The van der Waals surface area contributed by atoms with E-state index in [0.717, 1.165) is 30.4 Å². The number of fused-ring (bicyclic) bond motifs is 7. The Morgan fingerprint density at radius 3 is 2.60 bits per heavy atom. The Morgan fingerprint density at radius 1 is 1.16 bits per heavy atom. The minimum absolute atomic E-state index is 0.0484. The standard InChI is InChI=1S/C21H25FO3/c1-9-6-10-12(4-5-20(2)13(10)8-15(22)19(20)25)21(3)14-7-11(14)17(23)18(24)16(9)21/h10-15,24H,1,4-8H2,2-3H3/t10-,11+,12+,13+,14?,15-,20+,21+/m1/s1. The van der Waals surface area contributed by atoms with Crippen molar-refractivity contribution in [1.82, 2.24) is 0 Å². The molecule has 4 heteroatoms. The van der Waals surface area contributed by atoms with Crippen molar-refractivity contribution in [2.45, 2.75) is 52.1 Å². The number of alkyl halides is 1. The van der Waals surface area contributed by atoms with Crippen LogP contribution in [0.2, 0.25) is 0 Å². The summed E-state index contributed by atoms with van der Waals surface area (Å²) < 4.78 is 14.3. The molecule has 0 aromatic carbocycles. The second kappa shape index (κ2) is 4.44. The third-order valence-electron chi connectivity index (χ3n) is 8.65. The maximum absolute atomic E-state index is 14.3. The van der Waals surface area contributed by atoms with Crippen molar-refractivity contribution in [3.63, 3.8) is 0 Å². The summed E-state index contributed by atoms with van der Waals surface area (Å²) in [5, 5.41) is 10.6. The monoisotopic (exact) mass is 344 g/mol. The number of carbonyl (C=O) groups excluding carboxylic acids is 2. The van der Waals surface area contributed by atoms with Crippen LogP contribution < -0.4 is 0 Å². The second-order valence-corrected chi connectivity index (χ2v) is 9.53. The molecular formula is C21H25FO3. The van der Waals surface area contributed by atoms with Gasteiger partial charge in [0.05, 0.1) is 0 Å². The fourth-order valence-electron chi connectivity index (χ4n) is 7.35. The lowest BCUT2D eigenvalue weighted by molar-refractivity contribution is -0.135. The highest BCUT2D eigenvalue weighted by molar-refractivity contribution is 6.00. The average molecular weight is 344 g/mol. The van der Waals surface area contributed by atoms with Gasteiger partial charge < -0.3 is 5.11 Å². The Balaban J connectivity index is 1.62. The van der Waals surface area contributed by atoms with Gasteiger partial charge in [0.15, 0.2) is 17.7 Å². The summed E-state index contributed by atoms with van der Waals surface area (Å²) in [6, 6.07) is 0. The van der Waals surface area contributed by atoms with Crippen LogP contribution in [0.25, 0.3) is 0 Å². The van der Waals surface area contributed by atoms with E-state index in [-0.39, 0.29) is 46.4 Å². The van der Waals surface area contributed by atoms with Gasteiger partial charge in [-0.05, 0) is 61.3 Å². The molecule has 0 aliphatic heterocycles. The molecule has 0 saturated heterocycles. The van der Waals surface area contributed by atoms with Gasteiger partial charge in [0, 0.05) is 22.3 Å². The third-order valence-corrected chi connectivity index (χ3v) is 8.65. The Labute approximate surface area is 147 Å². The summed E-state index contributed by atoms with van der Waals surface area (Å²) in [5.41, 5.74) is 0.816. The number of halogens is 1. The second-order valence-electron chi connectivity index (χ2n) is 9.53. The number of aliphatic hydroxyl groups excluding tert-OH is 1. The van der Waals surface area contributed by atoms with Gasteiger partial charge in [-0.25, -0.2) is 4.39 Å². The van der Waals surface area contributed by atoms with Gasteiger partial charge in [0.25, 0.3) is 0 Å². The summed E-state index contributed by atoms with van der Waals surface area (Å²) in [6.45, 7) is 8.34. The molecule has 25 heavy (non-hydrogen) atoms. The number of hydrogen-bond acceptors (Lipinski definition) is 3. The maximum Gasteiger partial charge on any atom is 0.200 e. The fourth-order valence-corrected chi connectivity index (χ4v) is 7.35. The van der Waals surface area contributed by atoms with Gasteiger partial charge in [0.1, 0.15) is 0 Å². The van der Waals surface area contributed by atoms with E-state index in [1.54, 1.807) is 0 Å². The Morgan fingerprint density at radius 2 is 1.88 bits per heavy atom. The summed E-state index contributed by atoms with van der Waals surface area (Å²) in [6.07, 6.45) is 2.10. The van der Waals surface area contributed by atoms with Crippen LogP contribution in [-0.4, -0.2) is 22.8 Å². The first-order valence-electron chi connectivity index (χ1n) is 9.55. The number of carbonyl (C=O) groups is 2. The average Bonchev–Trinajstić information content (AvgIpc) is 3.32. The van der Waals surface area contributed by atoms with E-state index in [1.165, 1.54) is 0 Å². The lowest BCUT2D eigenvalue weighted by atomic mass is 9.46. The number of Topliss-reactive ketones (excluding diaryl/α,β-unsaturated/α-hetero) is 2. The van der Waals surface area contributed by atoms with Crippen LogP contribution in [0.1, 0.15) is 46.0 Å². The molecule has 0 amide bonds. The molecule has 0 bridgehead atoms. The molecule has 0 aromatic rings. The molecule has 0 heterocycles. The molecule has 134 valence electrons. The smallest absolute Gasteiger partial charge is 0.200 e.